The zero-order valence-electron chi connectivity index (χ0n) is 14.3. The Morgan fingerprint density at radius 1 is 0.963 bits per heavy atom. The molecule has 144 valence electrons. The average Bonchev–Trinajstić information content (AvgIpc) is 2.62. The summed E-state index contributed by atoms with van der Waals surface area (Å²) in [5, 5.41) is 5.05. The van der Waals surface area contributed by atoms with Crippen molar-refractivity contribution in [3.05, 3.63) is 54.1 Å². The lowest BCUT2D eigenvalue weighted by Crippen LogP contribution is -2.18. The number of hydrogen-bond donors (Lipinski definition) is 2. The van der Waals surface area contributed by atoms with Crippen molar-refractivity contribution in [1.29, 1.82) is 0 Å². The molecule has 2 aromatic rings. The Hall–Kier alpha value is -2.68. The molecular formula is C18H17F3N2O3S. The third-order valence-electron chi connectivity index (χ3n) is 3.31. The summed E-state index contributed by atoms with van der Waals surface area (Å²) in [6, 6.07) is 11.1. The summed E-state index contributed by atoms with van der Waals surface area (Å²) in [4.78, 5) is 23.7. The highest BCUT2D eigenvalue weighted by Gasteiger charge is 2.30. The van der Waals surface area contributed by atoms with Gasteiger partial charge in [0.15, 0.2) is 0 Å². The minimum atomic E-state index is -4.48. The minimum Gasteiger partial charge on any atom is -0.497 e. The van der Waals surface area contributed by atoms with Crippen LogP contribution in [0.3, 0.4) is 0 Å². The Bertz CT molecular complexity index is 795. The number of ether oxygens (including phenoxy) is 1. The largest absolute Gasteiger partial charge is 0.497 e. The normalized spacial score (nSPS) is 11.0. The standard InChI is InChI=1S/C18H17F3N2O3S/c1-26-15-7-5-13(6-8-15)22-16(24)10-27-11-17(25)23-14-4-2-3-12(9-14)18(19,20)21/h2-9H,10-11H2,1H3,(H,22,24)(H,23,25). The van der Waals surface area contributed by atoms with Gasteiger partial charge < -0.3 is 15.4 Å². The summed E-state index contributed by atoms with van der Waals surface area (Å²) in [7, 11) is 1.54. The van der Waals surface area contributed by atoms with Gasteiger partial charge in [0.2, 0.25) is 11.8 Å². The maximum atomic E-state index is 12.6. The van der Waals surface area contributed by atoms with E-state index in [4.69, 9.17) is 4.74 Å². The van der Waals surface area contributed by atoms with Gasteiger partial charge in [0, 0.05) is 11.4 Å². The zero-order chi connectivity index (χ0) is 19.9. The Kier molecular flexibility index (Phi) is 7.12. The molecule has 0 bridgehead atoms. The molecule has 2 rings (SSSR count). The molecule has 0 saturated heterocycles. The fourth-order valence-corrected chi connectivity index (χ4v) is 2.70. The third-order valence-corrected chi connectivity index (χ3v) is 4.25. The first kappa shape index (κ1) is 20.6. The predicted octanol–water partition coefficient (Wildman–Crippen LogP) is 4.02. The van der Waals surface area contributed by atoms with Gasteiger partial charge in [0.25, 0.3) is 0 Å². The van der Waals surface area contributed by atoms with Gasteiger partial charge in [0.1, 0.15) is 5.75 Å². The molecule has 9 heteroatoms. The van der Waals surface area contributed by atoms with Gasteiger partial charge in [-0.25, -0.2) is 0 Å². The van der Waals surface area contributed by atoms with E-state index in [-0.39, 0.29) is 23.1 Å². The van der Waals surface area contributed by atoms with Crippen molar-refractivity contribution in [1.82, 2.24) is 0 Å². The first-order valence-corrected chi connectivity index (χ1v) is 8.92. The highest BCUT2D eigenvalue weighted by atomic mass is 32.2. The number of benzene rings is 2. The quantitative estimate of drug-likeness (QED) is 0.739. The smallest absolute Gasteiger partial charge is 0.416 e. The fraction of sp³-hybridized carbons (Fsp3) is 0.222. The number of carbonyl (C=O) groups is 2. The summed E-state index contributed by atoms with van der Waals surface area (Å²) in [6.07, 6.45) is -4.48. The molecular weight excluding hydrogens is 381 g/mol. The van der Waals surface area contributed by atoms with Crippen molar-refractivity contribution in [3.63, 3.8) is 0 Å². The highest BCUT2D eigenvalue weighted by molar-refractivity contribution is 8.00. The summed E-state index contributed by atoms with van der Waals surface area (Å²) in [5.41, 5.74) is -0.195. The molecule has 2 amide bonds. The van der Waals surface area contributed by atoms with E-state index in [1.54, 1.807) is 24.3 Å². The third kappa shape index (κ3) is 6.86. The number of nitrogens with one attached hydrogen (secondary N) is 2. The van der Waals surface area contributed by atoms with Crippen LogP contribution in [0.15, 0.2) is 48.5 Å². The first-order valence-electron chi connectivity index (χ1n) is 7.76. The van der Waals surface area contributed by atoms with Gasteiger partial charge in [0.05, 0.1) is 24.2 Å². The molecule has 0 aromatic heterocycles. The van der Waals surface area contributed by atoms with Gasteiger partial charge in [-0.05, 0) is 42.5 Å². The molecule has 5 nitrogen and oxygen atoms in total. The fourth-order valence-electron chi connectivity index (χ4n) is 2.08. The maximum Gasteiger partial charge on any atom is 0.416 e. The summed E-state index contributed by atoms with van der Waals surface area (Å²) in [5.74, 6) is -0.156. The number of alkyl halides is 3. The van der Waals surface area contributed by atoms with Crippen molar-refractivity contribution < 1.29 is 27.5 Å². The highest BCUT2D eigenvalue weighted by Crippen LogP contribution is 2.30. The van der Waals surface area contributed by atoms with E-state index in [1.807, 2.05) is 0 Å². The molecule has 0 unspecified atom stereocenters. The van der Waals surface area contributed by atoms with Crippen LogP contribution in [0.2, 0.25) is 0 Å². The van der Waals surface area contributed by atoms with Crippen molar-refractivity contribution in [2.24, 2.45) is 0 Å². The van der Waals surface area contributed by atoms with Crippen LogP contribution < -0.4 is 15.4 Å². The monoisotopic (exact) mass is 398 g/mol. The Balaban J connectivity index is 1.76. The van der Waals surface area contributed by atoms with E-state index in [2.05, 4.69) is 10.6 Å². The van der Waals surface area contributed by atoms with Gasteiger partial charge in [-0.15, -0.1) is 11.8 Å². The van der Waals surface area contributed by atoms with E-state index < -0.39 is 17.6 Å². The van der Waals surface area contributed by atoms with E-state index in [9.17, 15) is 22.8 Å². The molecule has 0 aliphatic carbocycles. The van der Waals surface area contributed by atoms with Crippen molar-refractivity contribution >= 4 is 35.0 Å². The molecule has 0 spiro atoms. The first-order chi connectivity index (χ1) is 12.8. The van der Waals surface area contributed by atoms with Gasteiger partial charge in [-0.3, -0.25) is 9.59 Å². The molecule has 2 aromatic carbocycles. The predicted molar refractivity (Wildman–Crippen MR) is 99.0 cm³/mol. The van der Waals surface area contributed by atoms with Crippen LogP contribution in [0.4, 0.5) is 24.5 Å². The second-order valence-electron chi connectivity index (χ2n) is 5.40. The lowest BCUT2D eigenvalue weighted by Gasteiger charge is -2.10. The molecule has 0 fully saturated rings. The number of anilines is 2. The van der Waals surface area contributed by atoms with Crippen LogP contribution in [-0.4, -0.2) is 30.4 Å². The second kappa shape index (κ2) is 9.31. The van der Waals surface area contributed by atoms with E-state index in [1.165, 1.54) is 19.2 Å². The van der Waals surface area contributed by atoms with Crippen LogP contribution in [0, 0.1) is 0 Å². The molecule has 0 radical (unpaired) electrons. The van der Waals surface area contributed by atoms with Crippen LogP contribution in [0.5, 0.6) is 5.75 Å². The van der Waals surface area contributed by atoms with Gasteiger partial charge in [-0.1, -0.05) is 6.07 Å². The van der Waals surface area contributed by atoms with Gasteiger partial charge in [-0.2, -0.15) is 13.2 Å². The summed E-state index contributed by atoms with van der Waals surface area (Å²) < 4.78 is 43.0. The molecule has 27 heavy (non-hydrogen) atoms. The molecule has 0 saturated carbocycles. The van der Waals surface area contributed by atoms with E-state index >= 15 is 0 Å². The summed E-state index contributed by atoms with van der Waals surface area (Å²) >= 11 is 1.05. The number of halogens is 3. The summed E-state index contributed by atoms with van der Waals surface area (Å²) in [6.45, 7) is 0. The van der Waals surface area contributed by atoms with Crippen molar-refractivity contribution in [2.75, 3.05) is 29.2 Å². The lowest BCUT2D eigenvalue weighted by atomic mass is 10.2. The van der Waals surface area contributed by atoms with E-state index in [0.29, 0.717) is 11.4 Å². The van der Waals surface area contributed by atoms with Crippen molar-refractivity contribution in [2.45, 2.75) is 6.18 Å². The Labute approximate surface area is 158 Å². The SMILES string of the molecule is COc1ccc(NC(=O)CSCC(=O)Nc2cccc(C(F)(F)F)c2)cc1. The average molecular weight is 398 g/mol. The van der Waals surface area contributed by atoms with Crippen LogP contribution in [-0.2, 0) is 15.8 Å². The minimum absolute atomic E-state index is 0.0298. The lowest BCUT2D eigenvalue weighted by molar-refractivity contribution is -0.137. The molecule has 0 aliphatic heterocycles. The number of hydrogen-bond acceptors (Lipinski definition) is 4. The molecule has 0 heterocycles. The Morgan fingerprint density at radius 3 is 2.11 bits per heavy atom. The zero-order valence-corrected chi connectivity index (χ0v) is 15.1. The van der Waals surface area contributed by atoms with Crippen LogP contribution in [0.25, 0.3) is 0 Å². The van der Waals surface area contributed by atoms with E-state index in [0.717, 1.165) is 23.9 Å². The number of thioether (sulfide) groups is 1. The topological polar surface area (TPSA) is 67.4 Å². The van der Waals surface area contributed by atoms with Crippen LogP contribution in [0.1, 0.15) is 5.56 Å². The van der Waals surface area contributed by atoms with Crippen LogP contribution >= 0.6 is 11.8 Å². The molecule has 2 N–H and O–H groups in total. The van der Waals surface area contributed by atoms with Gasteiger partial charge >= 0.3 is 6.18 Å². The van der Waals surface area contributed by atoms with Crippen molar-refractivity contribution in [3.8, 4) is 5.75 Å². The second-order valence-corrected chi connectivity index (χ2v) is 6.38. The molecule has 0 atom stereocenters. The Morgan fingerprint density at radius 2 is 1.56 bits per heavy atom. The number of amides is 2. The number of methoxy groups -OCH3 is 1. The maximum absolute atomic E-state index is 12.6. The number of rotatable bonds is 7. The number of carbonyl (C=O) groups excluding carboxylic acids is 2. The molecule has 0 aliphatic rings.